The standard InChI is InChI=1S/C21H24Br2O3/c1-6-26-20(24)12-15(3)9-7-8-14(2)10-11-17-18(22)13-19(25-5)16(4)21(17)23/h7-13H,6H2,1-5H3/b9-7+,11-10+,14-8+,15-12+. The molecule has 0 heterocycles. The van der Waals surface area contributed by atoms with Crippen LogP contribution in [0.2, 0.25) is 0 Å². The van der Waals surface area contributed by atoms with E-state index in [0.29, 0.717) is 6.61 Å². The Bertz CT molecular complexity index is 772. The van der Waals surface area contributed by atoms with Gasteiger partial charge in [0.25, 0.3) is 0 Å². The first-order valence-electron chi connectivity index (χ1n) is 8.20. The lowest BCUT2D eigenvalue weighted by Crippen LogP contribution is -1.99. The van der Waals surface area contributed by atoms with E-state index in [1.807, 2.05) is 57.2 Å². The molecule has 5 heteroatoms. The molecular formula is C21H24Br2O3. The van der Waals surface area contributed by atoms with Gasteiger partial charge in [0.1, 0.15) is 5.75 Å². The molecule has 26 heavy (non-hydrogen) atoms. The van der Waals surface area contributed by atoms with Crippen LogP contribution in [0.25, 0.3) is 6.08 Å². The SMILES string of the molecule is CCOC(=O)/C=C(C)/C=C/C=C(C)/C=C/c1c(Br)cc(OC)c(C)c1Br. The van der Waals surface area contributed by atoms with Crippen molar-refractivity contribution in [2.75, 3.05) is 13.7 Å². The fraction of sp³-hybridized carbons (Fsp3) is 0.286. The van der Waals surface area contributed by atoms with Crippen LogP contribution < -0.4 is 4.74 Å². The number of rotatable bonds is 7. The minimum absolute atomic E-state index is 0.320. The van der Waals surface area contributed by atoms with Crippen molar-refractivity contribution in [2.24, 2.45) is 0 Å². The molecule has 3 nitrogen and oxygen atoms in total. The van der Waals surface area contributed by atoms with Crippen molar-refractivity contribution in [3.8, 4) is 5.75 Å². The maximum atomic E-state index is 11.4. The molecule has 0 atom stereocenters. The predicted octanol–water partition coefficient (Wildman–Crippen LogP) is 6.55. The van der Waals surface area contributed by atoms with E-state index < -0.39 is 0 Å². The summed E-state index contributed by atoms with van der Waals surface area (Å²) in [5.41, 5.74) is 4.03. The summed E-state index contributed by atoms with van der Waals surface area (Å²) in [6.07, 6.45) is 11.3. The van der Waals surface area contributed by atoms with Crippen LogP contribution in [-0.2, 0) is 9.53 Å². The van der Waals surface area contributed by atoms with Crippen molar-refractivity contribution >= 4 is 43.9 Å². The molecule has 1 aromatic rings. The van der Waals surface area contributed by atoms with Gasteiger partial charge in [-0.05, 0) is 71.2 Å². The molecular weight excluding hydrogens is 460 g/mol. The van der Waals surface area contributed by atoms with E-state index in [4.69, 9.17) is 9.47 Å². The van der Waals surface area contributed by atoms with Crippen molar-refractivity contribution < 1.29 is 14.3 Å². The van der Waals surface area contributed by atoms with Gasteiger partial charge in [-0.3, -0.25) is 0 Å². The number of esters is 1. The molecule has 0 aliphatic carbocycles. The normalized spacial score (nSPS) is 12.9. The summed E-state index contributed by atoms with van der Waals surface area (Å²) in [7, 11) is 1.66. The molecule has 0 aliphatic rings. The first-order valence-corrected chi connectivity index (χ1v) is 9.79. The molecule has 0 spiro atoms. The number of carbonyl (C=O) groups excluding carboxylic acids is 1. The molecule has 0 bridgehead atoms. The number of hydrogen-bond donors (Lipinski definition) is 0. The highest BCUT2D eigenvalue weighted by molar-refractivity contribution is 9.11. The molecule has 0 amide bonds. The lowest BCUT2D eigenvalue weighted by Gasteiger charge is -2.11. The highest BCUT2D eigenvalue weighted by Gasteiger charge is 2.10. The second-order valence-corrected chi connectivity index (χ2v) is 7.30. The van der Waals surface area contributed by atoms with Crippen LogP contribution in [0.15, 0.2) is 56.5 Å². The van der Waals surface area contributed by atoms with Crippen molar-refractivity contribution in [2.45, 2.75) is 27.7 Å². The van der Waals surface area contributed by atoms with Crippen LogP contribution in [0.1, 0.15) is 31.9 Å². The van der Waals surface area contributed by atoms with E-state index in [2.05, 4.69) is 31.9 Å². The van der Waals surface area contributed by atoms with Gasteiger partial charge < -0.3 is 9.47 Å². The van der Waals surface area contributed by atoms with Gasteiger partial charge in [-0.2, -0.15) is 0 Å². The topological polar surface area (TPSA) is 35.5 Å². The Morgan fingerprint density at radius 1 is 1.19 bits per heavy atom. The van der Waals surface area contributed by atoms with Gasteiger partial charge in [0.05, 0.1) is 13.7 Å². The maximum absolute atomic E-state index is 11.4. The fourth-order valence-electron chi connectivity index (χ4n) is 2.12. The zero-order valence-electron chi connectivity index (χ0n) is 15.7. The number of carbonyl (C=O) groups is 1. The first kappa shape index (κ1) is 22.5. The molecule has 1 rings (SSSR count). The summed E-state index contributed by atoms with van der Waals surface area (Å²) in [6, 6.07) is 1.96. The lowest BCUT2D eigenvalue weighted by molar-refractivity contribution is -0.137. The van der Waals surface area contributed by atoms with E-state index in [-0.39, 0.29) is 5.97 Å². The molecule has 0 fully saturated rings. The first-order chi connectivity index (χ1) is 12.3. The Kier molecular flexibility index (Phi) is 9.66. The van der Waals surface area contributed by atoms with Crippen LogP contribution in [0.5, 0.6) is 5.75 Å². The Morgan fingerprint density at radius 3 is 2.50 bits per heavy atom. The summed E-state index contributed by atoms with van der Waals surface area (Å²) in [6.45, 7) is 8.06. The summed E-state index contributed by atoms with van der Waals surface area (Å²) in [4.78, 5) is 11.4. The minimum atomic E-state index is -0.320. The maximum Gasteiger partial charge on any atom is 0.330 e. The van der Waals surface area contributed by atoms with E-state index in [1.54, 1.807) is 14.0 Å². The zero-order chi connectivity index (χ0) is 19.7. The molecule has 140 valence electrons. The molecule has 0 saturated heterocycles. The Balaban J connectivity index is 2.89. The van der Waals surface area contributed by atoms with Crippen molar-refractivity contribution in [3.05, 3.63) is 67.7 Å². The summed E-state index contributed by atoms with van der Waals surface area (Å²) >= 11 is 7.22. The molecule has 1 aromatic carbocycles. The summed E-state index contributed by atoms with van der Waals surface area (Å²) < 4.78 is 12.2. The van der Waals surface area contributed by atoms with Crippen LogP contribution >= 0.6 is 31.9 Å². The zero-order valence-corrected chi connectivity index (χ0v) is 18.9. The van der Waals surface area contributed by atoms with Gasteiger partial charge in [0.2, 0.25) is 0 Å². The van der Waals surface area contributed by atoms with E-state index in [9.17, 15) is 4.79 Å². The van der Waals surface area contributed by atoms with Crippen molar-refractivity contribution in [1.29, 1.82) is 0 Å². The van der Waals surface area contributed by atoms with Crippen molar-refractivity contribution in [3.63, 3.8) is 0 Å². The number of methoxy groups -OCH3 is 1. The van der Waals surface area contributed by atoms with Gasteiger partial charge in [0, 0.05) is 26.1 Å². The Hall–Kier alpha value is -1.59. The second-order valence-electron chi connectivity index (χ2n) is 5.66. The lowest BCUT2D eigenvalue weighted by atomic mass is 10.1. The van der Waals surface area contributed by atoms with Crippen molar-refractivity contribution in [1.82, 2.24) is 0 Å². The molecule has 0 saturated carbocycles. The van der Waals surface area contributed by atoms with Crippen LogP contribution in [0, 0.1) is 6.92 Å². The molecule has 0 aliphatic heterocycles. The third kappa shape index (κ3) is 6.96. The highest BCUT2D eigenvalue weighted by Crippen LogP contribution is 2.36. The predicted molar refractivity (Wildman–Crippen MR) is 115 cm³/mol. The third-order valence-electron chi connectivity index (χ3n) is 3.53. The van der Waals surface area contributed by atoms with E-state index in [0.717, 1.165) is 37.0 Å². The number of benzene rings is 1. The van der Waals surface area contributed by atoms with Crippen LogP contribution in [0.4, 0.5) is 0 Å². The van der Waals surface area contributed by atoms with E-state index >= 15 is 0 Å². The van der Waals surface area contributed by atoms with Gasteiger partial charge in [-0.1, -0.05) is 36.0 Å². The second kappa shape index (κ2) is 11.2. The minimum Gasteiger partial charge on any atom is -0.496 e. The Labute approximate surface area is 172 Å². The number of halogens is 2. The largest absolute Gasteiger partial charge is 0.496 e. The molecule has 0 N–H and O–H groups in total. The number of ether oxygens (including phenoxy) is 2. The summed E-state index contributed by atoms with van der Waals surface area (Å²) in [5.74, 6) is 0.514. The highest BCUT2D eigenvalue weighted by atomic mass is 79.9. The van der Waals surface area contributed by atoms with Gasteiger partial charge >= 0.3 is 5.97 Å². The quantitative estimate of drug-likeness (QED) is 0.250. The molecule has 0 unspecified atom stereocenters. The molecule has 0 radical (unpaired) electrons. The molecule has 0 aromatic heterocycles. The smallest absolute Gasteiger partial charge is 0.330 e. The average Bonchev–Trinajstić information content (AvgIpc) is 2.58. The van der Waals surface area contributed by atoms with Gasteiger partial charge in [-0.25, -0.2) is 4.79 Å². The van der Waals surface area contributed by atoms with Crippen LogP contribution in [-0.4, -0.2) is 19.7 Å². The number of hydrogen-bond acceptors (Lipinski definition) is 3. The number of allylic oxidation sites excluding steroid dienone is 6. The van der Waals surface area contributed by atoms with E-state index in [1.165, 1.54) is 6.08 Å². The van der Waals surface area contributed by atoms with Crippen LogP contribution in [0.3, 0.4) is 0 Å². The summed E-state index contributed by atoms with van der Waals surface area (Å²) in [5, 5.41) is 0. The fourth-order valence-corrected chi connectivity index (χ4v) is 3.47. The Morgan fingerprint density at radius 2 is 1.88 bits per heavy atom. The monoisotopic (exact) mass is 482 g/mol. The van der Waals surface area contributed by atoms with Gasteiger partial charge in [0.15, 0.2) is 0 Å². The average molecular weight is 484 g/mol. The third-order valence-corrected chi connectivity index (χ3v) is 5.21. The van der Waals surface area contributed by atoms with Gasteiger partial charge in [-0.15, -0.1) is 0 Å².